The summed E-state index contributed by atoms with van der Waals surface area (Å²) in [6.07, 6.45) is 15.2. The van der Waals surface area contributed by atoms with Crippen molar-refractivity contribution in [2.24, 2.45) is 0 Å². The molecule has 1 saturated heterocycles. The molecule has 4 aromatic rings. The monoisotopic (exact) mass is 758 g/mol. The molecular formula is C48H62N4O4. The van der Waals surface area contributed by atoms with Gasteiger partial charge in [-0.2, -0.15) is 0 Å². The molecule has 0 amide bonds. The fraction of sp³-hybridized carbons (Fsp3) is 0.438. The normalized spacial score (nSPS) is 16.9. The van der Waals surface area contributed by atoms with Crippen molar-refractivity contribution in [1.82, 2.24) is 15.2 Å². The van der Waals surface area contributed by atoms with E-state index in [2.05, 4.69) is 102 Å². The zero-order valence-corrected chi connectivity index (χ0v) is 34.9. The minimum Gasteiger partial charge on any atom is -0.493 e. The Hall–Kier alpha value is -4.95. The third-order valence-corrected chi connectivity index (χ3v) is 11.2. The summed E-state index contributed by atoms with van der Waals surface area (Å²) in [6.45, 7) is 12.2. The molecular weight excluding hydrogens is 697 g/mol. The summed E-state index contributed by atoms with van der Waals surface area (Å²) in [5.74, 6) is 3.81. The molecule has 1 aromatic heterocycles. The van der Waals surface area contributed by atoms with Gasteiger partial charge in [-0.25, -0.2) is 0 Å². The first-order valence-electron chi connectivity index (χ1n) is 20.6. The van der Waals surface area contributed by atoms with Crippen LogP contribution in [0.2, 0.25) is 0 Å². The number of aryl methyl sites for hydroxylation is 2. The van der Waals surface area contributed by atoms with Crippen LogP contribution in [0.3, 0.4) is 0 Å². The second-order valence-electron chi connectivity index (χ2n) is 15.0. The van der Waals surface area contributed by atoms with Crippen molar-refractivity contribution in [1.29, 1.82) is 0 Å². The van der Waals surface area contributed by atoms with Crippen LogP contribution in [0.25, 0.3) is 11.3 Å². The number of pyridine rings is 1. The zero-order valence-electron chi connectivity index (χ0n) is 34.9. The Kier molecular flexibility index (Phi) is 14.0. The number of hydrogen-bond donors (Lipinski definition) is 1. The molecule has 3 aromatic carbocycles. The van der Waals surface area contributed by atoms with Gasteiger partial charge in [0, 0.05) is 55.2 Å². The Bertz CT molecular complexity index is 1960. The number of nitrogens with zero attached hydrogens (tertiary/aromatic N) is 3. The molecule has 3 aliphatic rings. The van der Waals surface area contributed by atoms with Crippen LogP contribution in [-0.4, -0.2) is 64.0 Å². The molecule has 8 nitrogen and oxygen atoms in total. The molecule has 0 bridgehead atoms. The number of hydrogen-bond acceptors (Lipinski definition) is 8. The summed E-state index contributed by atoms with van der Waals surface area (Å²) in [4.78, 5) is 10.0. The molecule has 8 heteroatoms. The number of rotatable bonds is 15. The van der Waals surface area contributed by atoms with E-state index in [-0.39, 0.29) is 6.04 Å². The van der Waals surface area contributed by atoms with E-state index in [4.69, 9.17) is 23.9 Å². The van der Waals surface area contributed by atoms with Crippen molar-refractivity contribution in [3.63, 3.8) is 0 Å². The molecule has 1 N–H and O–H groups in total. The summed E-state index contributed by atoms with van der Waals surface area (Å²) in [5.41, 5.74) is 10.7. The SMILES string of the molecule is CC.CCCc1cc(-c2cc(CN(c3ccc(C)cc3)C3CCN(CC4=CC(c5cc(OC)c(OC)c(C6CC6)c5)NC=C4)CC3)ccn2)cc(OC)c1OC. The van der Waals surface area contributed by atoms with Crippen molar-refractivity contribution in [3.8, 4) is 34.3 Å². The third kappa shape index (κ3) is 9.52. The average Bonchev–Trinajstić information content (AvgIpc) is 4.10. The molecule has 2 aliphatic heterocycles. The number of nitrogens with one attached hydrogen (secondary N) is 1. The number of dihydropyridines is 1. The topological polar surface area (TPSA) is 68.3 Å². The first-order valence-corrected chi connectivity index (χ1v) is 20.6. The Labute approximate surface area is 335 Å². The summed E-state index contributed by atoms with van der Waals surface area (Å²) in [7, 11) is 6.88. The lowest BCUT2D eigenvalue weighted by Crippen LogP contribution is -2.45. The zero-order chi connectivity index (χ0) is 39.6. The van der Waals surface area contributed by atoms with Crippen molar-refractivity contribution >= 4 is 5.69 Å². The highest BCUT2D eigenvalue weighted by Crippen LogP contribution is 2.49. The molecule has 7 rings (SSSR count). The molecule has 56 heavy (non-hydrogen) atoms. The van der Waals surface area contributed by atoms with E-state index in [0.29, 0.717) is 12.0 Å². The van der Waals surface area contributed by atoms with Crippen LogP contribution in [0.4, 0.5) is 5.69 Å². The van der Waals surface area contributed by atoms with Crippen LogP contribution in [0.15, 0.2) is 90.8 Å². The Balaban J connectivity index is 0.00000262. The maximum Gasteiger partial charge on any atom is 0.164 e. The fourth-order valence-electron chi connectivity index (χ4n) is 8.16. The van der Waals surface area contributed by atoms with Crippen LogP contribution in [-0.2, 0) is 13.0 Å². The van der Waals surface area contributed by atoms with Crippen molar-refractivity contribution < 1.29 is 18.9 Å². The first kappa shape index (κ1) is 40.7. The number of piperidine rings is 1. The predicted molar refractivity (Wildman–Crippen MR) is 230 cm³/mol. The van der Waals surface area contributed by atoms with Gasteiger partial charge in [-0.1, -0.05) is 51.0 Å². The van der Waals surface area contributed by atoms with Crippen molar-refractivity contribution in [3.05, 3.63) is 119 Å². The van der Waals surface area contributed by atoms with Gasteiger partial charge in [-0.15, -0.1) is 0 Å². The molecule has 0 spiro atoms. The highest BCUT2D eigenvalue weighted by atomic mass is 16.5. The van der Waals surface area contributed by atoms with Gasteiger partial charge < -0.3 is 29.2 Å². The van der Waals surface area contributed by atoms with Gasteiger partial charge in [0.2, 0.25) is 0 Å². The van der Waals surface area contributed by atoms with Crippen molar-refractivity contribution in [2.75, 3.05) is 53.0 Å². The van der Waals surface area contributed by atoms with Crippen molar-refractivity contribution in [2.45, 2.75) is 90.8 Å². The first-order chi connectivity index (χ1) is 27.4. The van der Waals surface area contributed by atoms with E-state index in [9.17, 15) is 0 Å². The van der Waals surface area contributed by atoms with E-state index in [1.54, 1.807) is 28.4 Å². The van der Waals surface area contributed by atoms with E-state index in [1.165, 1.54) is 46.4 Å². The smallest absolute Gasteiger partial charge is 0.164 e. The predicted octanol–water partition coefficient (Wildman–Crippen LogP) is 10.2. The quantitative estimate of drug-likeness (QED) is 0.129. The number of aromatic nitrogens is 1. The number of anilines is 1. The standard InChI is InChI=1S/C46H56N4O4.C2H6/c1-7-8-35-25-36(27-43(51-3)45(35)53-5)41-24-33(16-20-47-41)30-50(38-13-9-31(2)10-14-38)39-17-21-49(22-18-39)29-32-15-19-48-42(23-32)37-26-40(34-11-12-34)46(54-6)44(28-37)52-4;1-2/h9-10,13-16,19-20,23-28,34,39,42,48H,7-8,11-12,17-18,21-22,29-30H2,1-6H3;1-2H3. The molecule has 3 heterocycles. The Morgan fingerprint density at radius 3 is 2.20 bits per heavy atom. The Morgan fingerprint density at radius 2 is 1.54 bits per heavy atom. The summed E-state index contributed by atoms with van der Waals surface area (Å²) < 4.78 is 23.1. The summed E-state index contributed by atoms with van der Waals surface area (Å²) >= 11 is 0. The van der Waals surface area contributed by atoms with Crippen LogP contribution in [0, 0.1) is 6.92 Å². The highest BCUT2D eigenvalue weighted by Gasteiger charge is 2.31. The van der Waals surface area contributed by atoms with Gasteiger partial charge in [-0.05, 0) is 128 Å². The second kappa shape index (κ2) is 19.3. The highest BCUT2D eigenvalue weighted by molar-refractivity contribution is 5.67. The van der Waals surface area contributed by atoms with Gasteiger partial charge in [0.15, 0.2) is 23.0 Å². The van der Waals surface area contributed by atoms with Gasteiger partial charge in [0.25, 0.3) is 0 Å². The molecule has 1 unspecified atom stereocenters. The molecule has 0 radical (unpaired) electrons. The summed E-state index contributed by atoms with van der Waals surface area (Å²) in [6, 6.07) is 22.6. The van der Waals surface area contributed by atoms with Crippen LogP contribution in [0.1, 0.15) is 92.7 Å². The molecule has 1 saturated carbocycles. The van der Waals surface area contributed by atoms with E-state index >= 15 is 0 Å². The third-order valence-electron chi connectivity index (χ3n) is 11.2. The van der Waals surface area contributed by atoms with Gasteiger partial charge in [0.1, 0.15) is 0 Å². The van der Waals surface area contributed by atoms with Gasteiger partial charge in [-0.3, -0.25) is 9.88 Å². The number of benzene rings is 3. The van der Waals surface area contributed by atoms with Crippen LogP contribution in [0.5, 0.6) is 23.0 Å². The minimum absolute atomic E-state index is 0.0966. The Morgan fingerprint density at radius 1 is 0.821 bits per heavy atom. The maximum atomic E-state index is 5.78. The average molecular weight is 759 g/mol. The molecule has 2 fully saturated rings. The van der Waals surface area contributed by atoms with Crippen LogP contribution >= 0.6 is 0 Å². The molecule has 298 valence electrons. The lowest BCUT2D eigenvalue weighted by Gasteiger charge is -2.40. The van der Waals surface area contributed by atoms with E-state index in [1.807, 2.05) is 26.1 Å². The fourth-order valence-corrected chi connectivity index (χ4v) is 8.16. The molecule has 1 atom stereocenters. The number of methoxy groups -OCH3 is 4. The van der Waals surface area contributed by atoms with E-state index in [0.717, 1.165) is 91.7 Å². The minimum atomic E-state index is 0.0966. The van der Waals surface area contributed by atoms with Gasteiger partial charge in [0.05, 0.1) is 40.2 Å². The molecule has 1 aliphatic carbocycles. The largest absolute Gasteiger partial charge is 0.493 e. The lowest BCUT2D eigenvalue weighted by molar-refractivity contribution is 0.224. The van der Waals surface area contributed by atoms with E-state index < -0.39 is 0 Å². The lowest BCUT2D eigenvalue weighted by atomic mass is 9.96. The number of ether oxygens (including phenoxy) is 4. The second-order valence-corrected chi connectivity index (χ2v) is 15.0. The maximum absolute atomic E-state index is 5.78. The van der Waals surface area contributed by atoms with Gasteiger partial charge >= 0.3 is 0 Å². The summed E-state index contributed by atoms with van der Waals surface area (Å²) in [5, 5.41) is 3.58. The van der Waals surface area contributed by atoms with Crippen LogP contribution < -0.4 is 29.2 Å². The number of likely N-dealkylation sites (tertiary alicyclic amines) is 1.